The lowest BCUT2D eigenvalue weighted by Crippen LogP contribution is -1.78. The summed E-state index contributed by atoms with van der Waals surface area (Å²) in [6, 6.07) is 20.6. The van der Waals surface area contributed by atoms with Gasteiger partial charge in [0.05, 0.1) is 5.69 Å². The smallest absolute Gasteiger partial charge is 0.167 e. The van der Waals surface area contributed by atoms with Crippen molar-refractivity contribution in [3.63, 3.8) is 0 Å². The van der Waals surface area contributed by atoms with Crippen LogP contribution in [0.1, 0.15) is 5.69 Å². The molecular weight excluding hydrogens is 222 g/mol. The average Bonchev–Trinajstić information content (AvgIpc) is 2.87. The van der Waals surface area contributed by atoms with Crippen molar-refractivity contribution >= 4 is 0 Å². The molecule has 0 radical (unpaired) electrons. The molecule has 0 saturated heterocycles. The average molecular weight is 235 g/mol. The second-order valence-electron chi connectivity index (χ2n) is 4.28. The van der Waals surface area contributed by atoms with Crippen molar-refractivity contribution in [3.05, 3.63) is 66.4 Å². The maximum Gasteiger partial charge on any atom is 0.167 e. The van der Waals surface area contributed by atoms with Crippen LogP contribution in [0.15, 0.2) is 65.2 Å². The Morgan fingerprint density at radius 2 is 1.39 bits per heavy atom. The summed E-state index contributed by atoms with van der Waals surface area (Å²) in [6.07, 6.45) is 0. The molecule has 18 heavy (non-hydrogen) atoms. The van der Waals surface area contributed by atoms with E-state index in [0.29, 0.717) is 0 Å². The Morgan fingerprint density at radius 1 is 0.778 bits per heavy atom. The van der Waals surface area contributed by atoms with Crippen LogP contribution in [0, 0.1) is 6.92 Å². The standard InChI is InChI=1S/C16H13NO/c1-12-11-16(18-17-12)15-9-7-14(8-10-15)13-5-3-2-4-6-13/h2-11H,1H3. The first-order valence-corrected chi connectivity index (χ1v) is 5.92. The van der Waals surface area contributed by atoms with Crippen molar-refractivity contribution in [2.75, 3.05) is 0 Å². The largest absolute Gasteiger partial charge is 0.356 e. The fourth-order valence-electron chi connectivity index (χ4n) is 1.96. The maximum absolute atomic E-state index is 5.25. The minimum absolute atomic E-state index is 0.812. The molecule has 2 heteroatoms. The van der Waals surface area contributed by atoms with Crippen molar-refractivity contribution in [3.8, 4) is 22.5 Å². The van der Waals surface area contributed by atoms with Gasteiger partial charge in [-0.05, 0) is 18.1 Å². The van der Waals surface area contributed by atoms with E-state index >= 15 is 0 Å². The number of aromatic nitrogens is 1. The highest BCUT2D eigenvalue weighted by molar-refractivity contribution is 5.68. The maximum atomic E-state index is 5.25. The van der Waals surface area contributed by atoms with Crippen molar-refractivity contribution in [1.82, 2.24) is 5.16 Å². The zero-order chi connectivity index (χ0) is 12.4. The molecule has 0 spiro atoms. The van der Waals surface area contributed by atoms with Crippen LogP contribution in [0.3, 0.4) is 0 Å². The van der Waals surface area contributed by atoms with Gasteiger partial charge in [-0.15, -0.1) is 0 Å². The van der Waals surface area contributed by atoms with Crippen LogP contribution in [-0.2, 0) is 0 Å². The van der Waals surface area contributed by atoms with Gasteiger partial charge in [-0.25, -0.2) is 0 Å². The molecule has 1 aromatic heterocycles. The predicted octanol–water partition coefficient (Wildman–Crippen LogP) is 4.32. The Balaban J connectivity index is 1.94. The SMILES string of the molecule is Cc1cc(-c2ccc(-c3ccccc3)cc2)on1. The van der Waals surface area contributed by atoms with Gasteiger partial charge in [0.25, 0.3) is 0 Å². The Hall–Kier alpha value is -2.35. The number of benzene rings is 2. The summed E-state index contributed by atoms with van der Waals surface area (Å²) >= 11 is 0. The van der Waals surface area contributed by atoms with Crippen LogP contribution in [0.25, 0.3) is 22.5 Å². The lowest BCUT2D eigenvalue weighted by molar-refractivity contribution is 0.427. The highest BCUT2D eigenvalue weighted by Gasteiger charge is 2.04. The van der Waals surface area contributed by atoms with E-state index in [1.165, 1.54) is 11.1 Å². The monoisotopic (exact) mass is 235 g/mol. The molecule has 1 heterocycles. The second-order valence-corrected chi connectivity index (χ2v) is 4.28. The number of nitrogens with zero attached hydrogens (tertiary/aromatic N) is 1. The highest BCUT2D eigenvalue weighted by atomic mass is 16.5. The van der Waals surface area contributed by atoms with E-state index in [-0.39, 0.29) is 0 Å². The highest BCUT2D eigenvalue weighted by Crippen LogP contribution is 2.24. The van der Waals surface area contributed by atoms with Gasteiger partial charge in [0.1, 0.15) is 0 Å². The molecule has 0 amide bonds. The molecule has 0 atom stereocenters. The zero-order valence-corrected chi connectivity index (χ0v) is 10.1. The third-order valence-electron chi connectivity index (χ3n) is 2.90. The molecule has 88 valence electrons. The zero-order valence-electron chi connectivity index (χ0n) is 10.1. The first kappa shape index (κ1) is 10.8. The van der Waals surface area contributed by atoms with E-state index in [1.807, 2.05) is 31.2 Å². The van der Waals surface area contributed by atoms with Gasteiger partial charge in [0, 0.05) is 11.6 Å². The van der Waals surface area contributed by atoms with Crippen molar-refractivity contribution in [1.29, 1.82) is 0 Å². The Bertz CT molecular complexity index is 638. The van der Waals surface area contributed by atoms with Crippen LogP contribution in [-0.4, -0.2) is 5.16 Å². The molecule has 2 aromatic carbocycles. The van der Waals surface area contributed by atoms with Gasteiger partial charge < -0.3 is 4.52 Å². The summed E-state index contributed by atoms with van der Waals surface area (Å²) in [7, 11) is 0. The summed E-state index contributed by atoms with van der Waals surface area (Å²) in [5.74, 6) is 0.812. The Kier molecular flexibility index (Phi) is 2.69. The molecule has 0 bridgehead atoms. The predicted molar refractivity (Wildman–Crippen MR) is 72.1 cm³/mol. The van der Waals surface area contributed by atoms with E-state index in [2.05, 4.69) is 41.6 Å². The summed E-state index contributed by atoms with van der Waals surface area (Å²) in [6.45, 7) is 1.92. The van der Waals surface area contributed by atoms with Gasteiger partial charge in [-0.1, -0.05) is 59.8 Å². The second kappa shape index (κ2) is 4.49. The fraction of sp³-hybridized carbons (Fsp3) is 0.0625. The van der Waals surface area contributed by atoms with Crippen molar-refractivity contribution in [2.45, 2.75) is 6.92 Å². The van der Waals surface area contributed by atoms with E-state index in [0.717, 1.165) is 17.0 Å². The molecule has 0 fully saturated rings. The number of aryl methyl sites for hydroxylation is 1. The molecular formula is C16H13NO. The quantitative estimate of drug-likeness (QED) is 0.661. The van der Waals surface area contributed by atoms with E-state index in [9.17, 15) is 0 Å². The summed E-state index contributed by atoms with van der Waals surface area (Å²) in [5.41, 5.74) is 4.38. The number of hydrogen-bond acceptors (Lipinski definition) is 2. The van der Waals surface area contributed by atoms with Gasteiger partial charge in [0.15, 0.2) is 5.76 Å². The summed E-state index contributed by atoms with van der Waals surface area (Å²) in [4.78, 5) is 0. The van der Waals surface area contributed by atoms with E-state index in [1.54, 1.807) is 0 Å². The molecule has 3 rings (SSSR count). The molecule has 0 aliphatic carbocycles. The van der Waals surface area contributed by atoms with Crippen LogP contribution < -0.4 is 0 Å². The van der Waals surface area contributed by atoms with Gasteiger partial charge in [-0.3, -0.25) is 0 Å². The molecule has 0 unspecified atom stereocenters. The van der Waals surface area contributed by atoms with Crippen molar-refractivity contribution in [2.24, 2.45) is 0 Å². The fourth-order valence-corrected chi connectivity index (χ4v) is 1.96. The third-order valence-corrected chi connectivity index (χ3v) is 2.90. The molecule has 0 aliphatic rings. The van der Waals surface area contributed by atoms with Crippen LogP contribution in [0.2, 0.25) is 0 Å². The first-order chi connectivity index (χ1) is 8.83. The molecule has 0 aliphatic heterocycles. The van der Waals surface area contributed by atoms with Gasteiger partial charge in [-0.2, -0.15) is 0 Å². The van der Waals surface area contributed by atoms with E-state index < -0.39 is 0 Å². The molecule has 0 N–H and O–H groups in total. The first-order valence-electron chi connectivity index (χ1n) is 5.92. The summed E-state index contributed by atoms with van der Waals surface area (Å²) < 4.78 is 5.25. The van der Waals surface area contributed by atoms with Crippen molar-refractivity contribution < 1.29 is 4.52 Å². The van der Waals surface area contributed by atoms with Crippen LogP contribution in [0.4, 0.5) is 0 Å². The summed E-state index contributed by atoms with van der Waals surface area (Å²) in [5, 5.41) is 3.90. The minimum Gasteiger partial charge on any atom is -0.356 e. The lowest BCUT2D eigenvalue weighted by atomic mass is 10.0. The Morgan fingerprint density at radius 3 is 2.00 bits per heavy atom. The molecule has 2 nitrogen and oxygen atoms in total. The van der Waals surface area contributed by atoms with Crippen LogP contribution >= 0.6 is 0 Å². The van der Waals surface area contributed by atoms with Gasteiger partial charge >= 0.3 is 0 Å². The molecule has 0 saturated carbocycles. The third kappa shape index (κ3) is 2.05. The van der Waals surface area contributed by atoms with Gasteiger partial charge in [0.2, 0.25) is 0 Å². The normalized spacial score (nSPS) is 10.5. The van der Waals surface area contributed by atoms with E-state index in [4.69, 9.17) is 4.52 Å². The number of rotatable bonds is 2. The lowest BCUT2D eigenvalue weighted by Gasteiger charge is -2.02. The number of hydrogen-bond donors (Lipinski definition) is 0. The minimum atomic E-state index is 0.812. The molecule has 3 aromatic rings. The van der Waals surface area contributed by atoms with Crippen LogP contribution in [0.5, 0.6) is 0 Å². The Labute approximate surface area is 106 Å². The topological polar surface area (TPSA) is 26.0 Å².